The van der Waals surface area contributed by atoms with E-state index in [-0.39, 0.29) is 0 Å². The van der Waals surface area contributed by atoms with Gasteiger partial charge >= 0.3 is 0 Å². The summed E-state index contributed by atoms with van der Waals surface area (Å²) in [4.78, 5) is 0. The fourth-order valence-electron chi connectivity index (χ4n) is 2.74. The lowest BCUT2D eigenvalue weighted by Crippen LogP contribution is -2.36. The fourth-order valence-corrected chi connectivity index (χ4v) is 2.74. The summed E-state index contributed by atoms with van der Waals surface area (Å²) in [6, 6.07) is 8.69. The fraction of sp³-hybridized carbons (Fsp3) is 0.600. The van der Waals surface area contributed by atoms with E-state index in [1.165, 1.54) is 5.56 Å². The van der Waals surface area contributed by atoms with Crippen LogP contribution in [0, 0.1) is 5.92 Å². The number of benzene rings is 1. The van der Waals surface area contributed by atoms with E-state index in [1.807, 2.05) is 19.2 Å². The summed E-state index contributed by atoms with van der Waals surface area (Å²) in [5, 5.41) is 3.43. The van der Waals surface area contributed by atoms with Gasteiger partial charge in [-0.1, -0.05) is 18.2 Å². The quantitative estimate of drug-likeness (QED) is 0.868. The number of para-hydroxylation sites is 1. The topological polar surface area (TPSA) is 30.5 Å². The minimum atomic E-state index is 0.392. The van der Waals surface area contributed by atoms with Crippen molar-refractivity contribution in [1.82, 2.24) is 5.32 Å². The minimum absolute atomic E-state index is 0.392. The van der Waals surface area contributed by atoms with Crippen molar-refractivity contribution in [2.45, 2.75) is 31.9 Å². The molecule has 0 spiro atoms. The molecular formula is C15H23NO2. The van der Waals surface area contributed by atoms with Gasteiger partial charge in [-0.15, -0.1) is 0 Å². The predicted octanol–water partition coefficient (Wildman–Crippen LogP) is 2.25. The summed E-state index contributed by atoms with van der Waals surface area (Å²) >= 11 is 0. The van der Waals surface area contributed by atoms with Crippen molar-refractivity contribution in [3.63, 3.8) is 0 Å². The first-order chi connectivity index (χ1) is 8.74. The SMILES string of the molecule is CNC(Cc1ccccc1OC)C1COC(C)C1. The lowest BCUT2D eigenvalue weighted by Gasteiger charge is -2.23. The van der Waals surface area contributed by atoms with Crippen LogP contribution >= 0.6 is 0 Å². The highest BCUT2D eigenvalue weighted by Gasteiger charge is 2.29. The number of rotatable bonds is 5. The molecule has 0 aromatic heterocycles. The molecule has 1 heterocycles. The predicted molar refractivity (Wildman–Crippen MR) is 73.1 cm³/mol. The molecule has 1 saturated heterocycles. The molecule has 0 radical (unpaired) electrons. The Kier molecular flexibility index (Phi) is 4.61. The number of ether oxygens (including phenoxy) is 2. The first kappa shape index (κ1) is 13.4. The maximum absolute atomic E-state index is 5.67. The highest BCUT2D eigenvalue weighted by molar-refractivity contribution is 5.34. The van der Waals surface area contributed by atoms with E-state index in [4.69, 9.17) is 9.47 Å². The highest BCUT2D eigenvalue weighted by Crippen LogP contribution is 2.26. The first-order valence-electron chi connectivity index (χ1n) is 6.65. The molecule has 100 valence electrons. The molecule has 1 aromatic rings. The summed E-state index contributed by atoms with van der Waals surface area (Å²) in [5.74, 6) is 1.57. The molecule has 0 amide bonds. The van der Waals surface area contributed by atoms with Crippen molar-refractivity contribution < 1.29 is 9.47 Å². The zero-order valence-corrected chi connectivity index (χ0v) is 11.5. The lowest BCUT2D eigenvalue weighted by atomic mass is 9.91. The number of hydrogen-bond acceptors (Lipinski definition) is 3. The zero-order chi connectivity index (χ0) is 13.0. The van der Waals surface area contributed by atoms with Crippen LogP contribution < -0.4 is 10.1 Å². The lowest BCUT2D eigenvalue weighted by molar-refractivity contribution is 0.117. The van der Waals surface area contributed by atoms with Crippen LogP contribution in [0.2, 0.25) is 0 Å². The van der Waals surface area contributed by atoms with Crippen LogP contribution in [0.15, 0.2) is 24.3 Å². The molecule has 2 rings (SSSR count). The van der Waals surface area contributed by atoms with Crippen LogP contribution in [0.5, 0.6) is 5.75 Å². The standard InChI is InChI=1S/C15H23NO2/c1-11-8-13(10-18-11)14(16-2)9-12-6-4-5-7-15(12)17-3/h4-7,11,13-14,16H,8-10H2,1-3H3. The Balaban J connectivity index is 2.05. The van der Waals surface area contributed by atoms with Crippen molar-refractivity contribution >= 4 is 0 Å². The molecule has 0 saturated carbocycles. The van der Waals surface area contributed by atoms with E-state index in [9.17, 15) is 0 Å². The van der Waals surface area contributed by atoms with Gasteiger partial charge in [0.15, 0.2) is 0 Å². The second kappa shape index (κ2) is 6.21. The van der Waals surface area contributed by atoms with Gasteiger partial charge in [0.2, 0.25) is 0 Å². The molecule has 3 atom stereocenters. The second-order valence-corrected chi connectivity index (χ2v) is 5.05. The largest absolute Gasteiger partial charge is 0.496 e. The number of nitrogens with one attached hydrogen (secondary N) is 1. The number of methoxy groups -OCH3 is 1. The first-order valence-corrected chi connectivity index (χ1v) is 6.65. The molecule has 3 unspecified atom stereocenters. The molecule has 18 heavy (non-hydrogen) atoms. The molecule has 1 aliphatic heterocycles. The number of likely N-dealkylation sites (N-methyl/N-ethyl adjacent to an activating group) is 1. The Labute approximate surface area is 109 Å². The summed E-state index contributed by atoms with van der Waals surface area (Å²) in [6.07, 6.45) is 2.52. The van der Waals surface area contributed by atoms with Gasteiger partial charge in [0.05, 0.1) is 19.8 Å². The molecule has 1 N–H and O–H groups in total. The van der Waals surface area contributed by atoms with Crippen LogP contribution in [0.25, 0.3) is 0 Å². The monoisotopic (exact) mass is 249 g/mol. The molecule has 1 fully saturated rings. The number of hydrogen-bond donors (Lipinski definition) is 1. The van der Waals surface area contributed by atoms with Gasteiger partial charge in [0.1, 0.15) is 5.75 Å². The van der Waals surface area contributed by atoms with E-state index in [0.29, 0.717) is 18.1 Å². The van der Waals surface area contributed by atoms with Crippen molar-refractivity contribution in [3.8, 4) is 5.75 Å². The van der Waals surface area contributed by atoms with Crippen LogP contribution in [-0.2, 0) is 11.2 Å². The van der Waals surface area contributed by atoms with Gasteiger partial charge in [-0.2, -0.15) is 0 Å². The van der Waals surface area contributed by atoms with Gasteiger partial charge in [-0.25, -0.2) is 0 Å². The Morgan fingerprint density at radius 2 is 2.22 bits per heavy atom. The Hall–Kier alpha value is -1.06. The van der Waals surface area contributed by atoms with Crippen molar-refractivity contribution in [2.24, 2.45) is 5.92 Å². The summed E-state index contributed by atoms with van der Waals surface area (Å²) in [6.45, 7) is 3.01. The summed E-state index contributed by atoms with van der Waals surface area (Å²) in [7, 11) is 3.76. The zero-order valence-electron chi connectivity index (χ0n) is 11.5. The normalized spacial score (nSPS) is 25.1. The van der Waals surface area contributed by atoms with Crippen LogP contribution in [0.1, 0.15) is 18.9 Å². The van der Waals surface area contributed by atoms with Gasteiger partial charge in [-0.3, -0.25) is 0 Å². The van der Waals surface area contributed by atoms with Gasteiger partial charge < -0.3 is 14.8 Å². The third-order valence-corrected chi connectivity index (χ3v) is 3.80. The van der Waals surface area contributed by atoms with Crippen molar-refractivity contribution in [3.05, 3.63) is 29.8 Å². The smallest absolute Gasteiger partial charge is 0.122 e. The van der Waals surface area contributed by atoms with Gasteiger partial charge in [0, 0.05) is 12.0 Å². The van der Waals surface area contributed by atoms with E-state index < -0.39 is 0 Å². The summed E-state index contributed by atoms with van der Waals surface area (Å²) < 4.78 is 11.1. The van der Waals surface area contributed by atoms with Crippen molar-refractivity contribution in [1.29, 1.82) is 0 Å². The maximum atomic E-state index is 5.67. The van der Waals surface area contributed by atoms with Crippen LogP contribution in [0.3, 0.4) is 0 Å². The highest BCUT2D eigenvalue weighted by atomic mass is 16.5. The molecule has 1 aromatic carbocycles. The van der Waals surface area contributed by atoms with Gasteiger partial charge in [0.25, 0.3) is 0 Å². The summed E-state index contributed by atoms with van der Waals surface area (Å²) in [5.41, 5.74) is 1.26. The van der Waals surface area contributed by atoms with Crippen LogP contribution in [-0.4, -0.2) is 32.9 Å². The van der Waals surface area contributed by atoms with E-state index in [2.05, 4.69) is 24.4 Å². The third-order valence-electron chi connectivity index (χ3n) is 3.80. The average molecular weight is 249 g/mol. The third kappa shape index (κ3) is 3.03. The maximum Gasteiger partial charge on any atom is 0.122 e. The Morgan fingerprint density at radius 1 is 1.44 bits per heavy atom. The molecule has 3 heteroatoms. The van der Waals surface area contributed by atoms with E-state index in [0.717, 1.165) is 25.2 Å². The molecule has 0 bridgehead atoms. The van der Waals surface area contributed by atoms with E-state index >= 15 is 0 Å². The molecule has 1 aliphatic rings. The van der Waals surface area contributed by atoms with E-state index in [1.54, 1.807) is 7.11 Å². The van der Waals surface area contributed by atoms with Crippen LogP contribution in [0.4, 0.5) is 0 Å². The second-order valence-electron chi connectivity index (χ2n) is 5.05. The van der Waals surface area contributed by atoms with Crippen molar-refractivity contribution in [2.75, 3.05) is 20.8 Å². The molecule has 0 aliphatic carbocycles. The molecular weight excluding hydrogens is 226 g/mol. The Bertz CT molecular complexity index is 381. The minimum Gasteiger partial charge on any atom is -0.496 e. The van der Waals surface area contributed by atoms with Gasteiger partial charge in [-0.05, 0) is 38.4 Å². The Morgan fingerprint density at radius 3 is 2.83 bits per heavy atom. The average Bonchev–Trinajstić information content (AvgIpc) is 2.83. The molecule has 3 nitrogen and oxygen atoms in total.